The van der Waals surface area contributed by atoms with Crippen LogP contribution >= 0.6 is 0 Å². The van der Waals surface area contributed by atoms with Crippen molar-refractivity contribution in [1.82, 2.24) is 4.90 Å². The average molecular weight is 291 g/mol. The summed E-state index contributed by atoms with van der Waals surface area (Å²) in [5.74, 6) is 1.13. The van der Waals surface area contributed by atoms with Crippen molar-refractivity contribution >= 4 is 11.6 Å². The minimum Gasteiger partial charge on any atom is -0.492 e. The topological polar surface area (TPSA) is 67.6 Å². The van der Waals surface area contributed by atoms with Crippen LogP contribution in [0.15, 0.2) is 24.3 Å². The van der Waals surface area contributed by atoms with Crippen LogP contribution in [0, 0.1) is 5.92 Å². The van der Waals surface area contributed by atoms with E-state index in [1.807, 2.05) is 31.2 Å². The van der Waals surface area contributed by atoms with Crippen molar-refractivity contribution < 1.29 is 9.53 Å². The Morgan fingerprint density at radius 1 is 1.48 bits per heavy atom. The van der Waals surface area contributed by atoms with E-state index in [1.165, 1.54) is 0 Å². The summed E-state index contributed by atoms with van der Waals surface area (Å²) in [6.07, 6.45) is 0.948. The van der Waals surface area contributed by atoms with Crippen LogP contribution in [-0.4, -0.2) is 43.1 Å². The highest BCUT2D eigenvalue weighted by Gasteiger charge is 2.24. The lowest BCUT2D eigenvalue weighted by atomic mass is 9.95. The summed E-state index contributed by atoms with van der Waals surface area (Å²) in [4.78, 5) is 14.3. The molecule has 0 aliphatic carbocycles. The number of nitrogens with two attached hydrogens (primary N) is 1. The molecule has 1 heterocycles. The number of hydrogen-bond acceptors (Lipinski definition) is 4. The molecule has 1 aromatic rings. The number of hydrogen-bond donors (Lipinski definition) is 2. The van der Waals surface area contributed by atoms with Gasteiger partial charge in [0.05, 0.1) is 18.8 Å². The third-order valence-corrected chi connectivity index (χ3v) is 3.88. The molecule has 0 bridgehead atoms. The summed E-state index contributed by atoms with van der Waals surface area (Å²) in [6.45, 7) is 6.80. The van der Waals surface area contributed by atoms with Crippen molar-refractivity contribution in [3.8, 4) is 5.75 Å². The molecule has 5 heteroatoms. The second kappa shape index (κ2) is 7.43. The number of rotatable bonds is 5. The van der Waals surface area contributed by atoms with Gasteiger partial charge in [0, 0.05) is 19.1 Å². The Morgan fingerprint density at radius 2 is 2.24 bits per heavy atom. The number of benzene rings is 1. The molecule has 2 atom stereocenters. The van der Waals surface area contributed by atoms with Crippen LogP contribution in [0.5, 0.6) is 5.75 Å². The maximum absolute atomic E-state index is 12.2. The van der Waals surface area contributed by atoms with Crippen LogP contribution in [0.2, 0.25) is 0 Å². The molecule has 0 aromatic heterocycles. The van der Waals surface area contributed by atoms with Crippen molar-refractivity contribution in [3.05, 3.63) is 24.3 Å². The quantitative estimate of drug-likeness (QED) is 0.866. The van der Waals surface area contributed by atoms with Crippen molar-refractivity contribution in [2.45, 2.75) is 26.3 Å². The van der Waals surface area contributed by atoms with E-state index in [2.05, 4.69) is 17.1 Å². The van der Waals surface area contributed by atoms with Gasteiger partial charge in [0.1, 0.15) is 5.75 Å². The molecule has 3 N–H and O–H groups in total. The van der Waals surface area contributed by atoms with Gasteiger partial charge in [-0.15, -0.1) is 0 Å². The summed E-state index contributed by atoms with van der Waals surface area (Å²) in [7, 11) is 0. The zero-order valence-corrected chi connectivity index (χ0v) is 12.8. The van der Waals surface area contributed by atoms with Gasteiger partial charge in [0.25, 0.3) is 0 Å². The molecule has 1 saturated heterocycles. The van der Waals surface area contributed by atoms with E-state index in [-0.39, 0.29) is 11.9 Å². The summed E-state index contributed by atoms with van der Waals surface area (Å²) in [5, 5.41) is 2.93. The number of piperidine rings is 1. The second-order valence-corrected chi connectivity index (χ2v) is 5.64. The van der Waals surface area contributed by atoms with E-state index in [1.54, 1.807) is 0 Å². The lowest BCUT2D eigenvalue weighted by molar-refractivity contribution is -0.117. The first-order valence-electron chi connectivity index (χ1n) is 7.59. The van der Waals surface area contributed by atoms with Crippen molar-refractivity contribution in [2.24, 2.45) is 11.7 Å². The Bertz CT molecular complexity index is 478. The molecule has 2 rings (SSSR count). The Labute approximate surface area is 126 Å². The minimum absolute atomic E-state index is 0.00942. The fraction of sp³-hybridized carbons (Fsp3) is 0.562. The highest BCUT2D eigenvalue weighted by Crippen LogP contribution is 2.23. The van der Waals surface area contributed by atoms with Crippen LogP contribution in [-0.2, 0) is 4.79 Å². The lowest BCUT2D eigenvalue weighted by Crippen LogP contribution is -2.48. The number of carbonyl (C=O) groups excluding carboxylic acids is 1. The Hall–Kier alpha value is -1.59. The smallest absolute Gasteiger partial charge is 0.238 e. The minimum atomic E-state index is -0.00942. The molecule has 2 unspecified atom stereocenters. The van der Waals surface area contributed by atoms with E-state index in [9.17, 15) is 4.79 Å². The molecule has 0 saturated carbocycles. The summed E-state index contributed by atoms with van der Waals surface area (Å²) in [5.41, 5.74) is 6.73. The summed E-state index contributed by atoms with van der Waals surface area (Å²) >= 11 is 0. The first-order valence-corrected chi connectivity index (χ1v) is 7.59. The number of carbonyl (C=O) groups is 1. The molecular formula is C16H25N3O2. The van der Waals surface area contributed by atoms with Crippen molar-refractivity contribution in [2.75, 3.05) is 31.6 Å². The van der Waals surface area contributed by atoms with Gasteiger partial charge in [0.15, 0.2) is 0 Å². The number of ether oxygens (including phenoxy) is 1. The van der Waals surface area contributed by atoms with Gasteiger partial charge in [-0.3, -0.25) is 9.69 Å². The van der Waals surface area contributed by atoms with Crippen LogP contribution in [0.3, 0.4) is 0 Å². The van der Waals surface area contributed by atoms with Crippen LogP contribution < -0.4 is 15.8 Å². The number of para-hydroxylation sites is 2. The molecule has 1 aliphatic heterocycles. The third kappa shape index (κ3) is 4.44. The first kappa shape index (κ1) is 15.8. The van der Waals surface area contributed by atoms with Crippen LogP contribution in [0.4, 0.5) is 5.69 Å². The fourth-order valence-corrected chi connectivity index (χ4v) is 2.64. The van der Waals surface area contributed by atoms with Crippen molar-refractivity contribution in [3.63, 3.8) is 0 Å². The molecule has 5 nitrogen and oxygen atoms in total. The molecule has 0 radical (unpaired) electrons. The van der Waals surface area contributed by atoms with Gasteiger partial charge in [-0.25, -0.2) is 0 Å². The predicted molar refractivity (Wildman–Crippen MR) is 84.4 cm³/mol. The van der Waals surface area contributed by atoms with Gasteiger partial charge < -0.3 is 15.8 Å². The van der Waals surface area contributed by atoms with Crippen LogP contribution in [0.1, 0.15) is 20.3 Å². The standard InChI is InChI=1S/C16H25N3O2/c1-3-21-15-7-5-4-6-14(15)18-16(20)11-19-9-8-13(17)12(2)10-19/h4-7,12-13H,3,8-11,17H2,1-2H3,(H,18,20). The zero-order valence-electron chi connectivity index (χ0n) is 12.8. The average Bonchev–Trinajstić information content (AvgIpc) is 2.45. The summed E-state index contributed by atoms with van der Waals surface area (Å²) in [6, 6.07) is 7.76. The van der Waals surface area contributed by atoms with E-state index in [4.69, 9.17) is 10.5 Å². The van der Waals surface area contributed by atoms with Gasteiger partial charge >= 0.3 is 0 Å². The molecule has 1 aromatic carbocycles. The van der Waals surface area contributed by atoms with E-state index in [0.717, 1.165) is 25.2 Å². The number of amides is 1. The largest absolute Gasteiger partial charge is 0.492 e. The highest BCUT2D eigenvalue weighted by molar-refractivity contribution is 5.93. The molecule has 21 heavy (non-hydrogen) atoms. The maximum Gasteiger partial charge on any atom is 0.238 e. The van der Waals surface area contributed by atoms with Crippen LogP contribution in [0.25, 0.3) is 0 Å². The zero-order chi connectivity index (χ0) is 15.2. The third-order valence-electron chi connectivity index (χ3n) is 3.88. The number of nitrogens with one attached hydrogen (secondary N) is 1. The second-order valence-electron chi connectivity index (χ2n) is 5.64. The SMILES string of the molecule is CCOc1ccccc1NC(=O)CN1CCC(N)C(C)C1. The number of anilines is 1. The Balaban J connectivity index is 1.90. The van der Waals surface area contributed by atoms with E-state index < -0.39 is 0 Å². The van der Waals surface area contributed by atoms with Gasteiger partial charge in [0.2, 0.25) is 5.91 Å². The van der Waals surface area contributed by atoms with Gasteiger partial charge in [-0.2, -0.15) is 0 Å². The number of likely N-dealkylation sites (tertiary alicyclic amines) is 1. The van der Waals surface area contributed by atoms with Gasteiger partial charge in [-0.05, 0) is 31.4 Å². The van der Waals surface area contributed by atoms with E-state index in [0.29, 0.717) is 24.8 Å². The Morgan fingerprint density at radius 3 is 2.95 bits per heavy atom. The molecule has 1 amide bonds. The van der Waals surface area contributed by atoms with Gasteiger partial charge in [-0.1, -0.05) is 19.1 Å². The fourth-order valence-electron chi connectivity index (χ4n) is 2.64. The highest BCUT2D eigenvalue weighted by atomic mass is 16.5. The Kier molecular flexibility index (Phi) is 5.59. The summed E-state index contributed by atoms with van der Waals surface area (Å²) < 4.78 is 5.51. The molecule has 116 valence electrons. The normalized spacial score (nSPS) is 22.8. The van der Waals surface area contributed by atoms with E-state index >= 15 is 0 Å². The predicted octanol–water partition coefficient (Wildman–Crippen LogP) is 1.69. The molecule has 1 aliphatic rings. The first-order chi connectivity index (χ1) is 10.1. The molecule has 0 spiro atoms. The monoisotopic (exact) mass is 291 g/mol. The lowest BCUT2D eigenvalue weighted by Gasteiger charge is -2.34. The van der Waals surface area contributed by atoms with Crippen molar-refractivity contribution in [1.29, 1.82) is 0 Å². The molecular weight excluding hydrogens is 266 g/mol. The molecule has 1 fully saturated rings. The maximum atomic E-state index is 12.2. The number of nitrogens with zero attached hydrogens (tertiary/aromatic N) is 1.